The highest BCUT2D eigenvalue weighted by molar-refractivity contribution is 5.96. The third kappa shape index (κ3) is 3.28. The molecule has 0 aliphatic carbocycles. The number of hydrogen-bond acceptors (Lipinski definition) is 4. The van der Waals surface area contributed by atoms with Crippen molar-refractivity contribution in [3.05, 3.63) is 71.5 Å². The minimum atomic E-state index is -1.05. The summed E-state index contributed by atoms with van der Waals surface area (Å²) in [7, 11) is 0. The highest BCUT2D eigenvalue weighted by Gasteiger charge is 2.40. The fourth-order valence-electron chi connectivity index (χ4n) is 2.73. The van der Waals surface area contributed by atoms with Crippen LogP contribution in [0.1, 0.15) is 17.2 Å². The molecule has 5 nitrogen and oxygen atoms in total. The van der Waals surface area contributed by atoms with Gasteiger partial charge >= 0.3 is 6.09 Å². The molecule has 1 saturated heterocycles. The van der Waals surface area contributed by atoms with Crippen LogP contribution in [-0.2, 0) is 16.0 Å². The van der Waals surface area contributed by atoms with Crippen LogP contribution in [0.5, 0.6) is 0 Å². The summed E-state index contributed by atoms with van der Waals surface area (Å²) in [4.78, 5) is 25.7. The molecule has 124 valence electrons. The summed E-state index contributed by atoms with van der Waals surface area (Å²) in [6, 6.07) is 13.4. The van der Waals surface area contributed by atoms with Crippen LogP contribution >= 0.6 is 0 Å². The van der Waals surface area contributed by atoms with Crippen molar-refractivity contribution in [2.75, 3.05) is 6.61 Å². The van der Waals surface area contributed by atoms with E-state index in [2.05, 4.69) is 0 Å². The number of halogens is 1. The van der Waals surface area contributed by atoms with E-state index in [9.17, 15) is 14.0 Å². The maximum atomic E-state index is 13.0. The Kier molecular flexibility index (Phi) is 4.57. The van der Waals surface area contributed by atoms with Gasteiger partial charge in [0.15, 0.2) is 0 Å². The van der Waals surface area contributed by atoms with Gasteiger partial charge in [-0.25, -0.2) is 14.1 Å². The maximum absolute atomic E-state index is 13.0. The Bertz CT molecular complexity index is 734. The van der Waals surface area contributed by atoms with E-state index in [0.717, 1.165) is 10.5 Å². The van der Waals surface area contributed by atoms with Gasteiger partial charge in [0.2, 0.25) is 0 Å². The molecule has 0 spiro atoms. The predicted octanol–water partition coefficient (Wildman–Crippen LogP) is 2.42. The van der Waals surface area contributed by atoms with Crippen molar-refractivity contribution in [1.82, 2.24) is 4.90 Å². The van der Waals surface area contributed by atoms with Crippen molar-refractivity contribution in [3.8, 4) is 0 Å². The van der Waals surface area contributed by atoms with Crippen molar-refractivity contribution >= 4 is 12.0 Å². The van der Waals surface area contributed by atoms with Gasteiger partial charge in [0.25, 0.3) is 5.91 Å². The van der Waals surface area contributed by atoms with E-state index in [-0.39, 0.29) is 6.61 Å². The fourth-order valence-corrected chi connectivity index (χ4v) is 2.73. The van der Waals surface area contributed by atoms with Gasteiger partial charge in [0.05, 0.1) is 6.04 Å². The molecule has 2 amide bonds. The Morgan fingerprint density at radius 1 is 1.21 bits per heavy atom. The average Bonchev–Trinajstić information content (AvgIpc) is 2.95. The molecule has 1 fully saturated rings. The number of nitrogens with two attached hydrogens (primary N) is 1. The molecule has 6 heteroatoms. The van der Waals surface area contributed by atoms with Crippen molar-refractivity contribution in [2.24, 2.45) is 5.73 Å². The molecule has 2 N–H and O–H groups in total. The molecule has 0 bridgehead atoms. The number of nitrogens with zero attached hydrogens (tertiary/aromatic N) is 1. The number of amides is 2. The van der Waals surface area contributed by atoms with Crippen molar-refractivity contribution in [3.63, 3.8) is 0 Å². The topological polar surface area (TPSA) is 72.6 Å². The lowest BCUT2D eigenvalue weighted by atomic mass is 10.0. The molecule has 2 aromatic carbocycles. The van der Waals surface area contributed by atoms with Crippen LogP contribution in [0.2, 0.25) is 0 Å². The predicted molar refractivity (Wildman–Crippen MR) is 85.5 cm³/mol. The second-order valence-electron chi connectivity index (χ2n) is 5.66. The minimum absolute atomic E-state index is 0.135. The summed E-state index contributed by atoms with van der Waals surface area (Å²) in [5, 5.41) is 0. The van der Waals surface area contributed by atoms with E-state index >= 15 is 0 Å². The van der Waals surface area contributed by atoms with E-state index in [0.29, 0.717) is 12.0 Å². The third-order valence-electron chi connectivity index (χ3n) is 4.01. The first-order valence-electron chi connectivity index (χ1n) is 7.61. The first-order chi connectivity index (χ1) is 11.6. The number of carbonyl (C=O) groups is 2. The monoisotopic (exact) mass is 328 g/mol. The quantitative estimate of drug-likeness (QED) is 0.935. The molecule has 1 aliphatic heterocycles. The second kappa shape index (κ2) is 6.80. The highest BCUT2D eigenvalue weighted by Crippen LogP contribution is 2.22. The van der Waals surface area contributed by atoms with Crippen LogP contribution in [0.3, 0.4) is 0 Å². The molecular weight excluding hydrogens is 311 g/mol. The van der Waals surface area contributed by atoms with Gasteiger partial charge < -0.3 is 10.5 Å². The van der Waals surface area contributed by atoms with E-state index in [1.54, 1.807) is 0 Å². The minimum Gasteiger partial charge on any atom is -0.447 e. The van der Waals surface area contributed by atoms with Gasteiger partial charge in [-0.1, -0.05) is 42.5 Å². The summed E-state index contributed by atoms with van der Waals surface area (Å²) >= 11 is 0. The van der Waals surface area contributed by atoms with E-state index in [1.165, 1.54) is 24.3 Å². The Morgan fingerprint density at radius 2 is 1.88 bits per heavy atom. The van der Waals surface area contributed by atoms with Crippen LogP contribution < -0.4 is 5.73 Å². The third-order valence-corrected chi connectivity index (χ3v) is 4.01. The molecule has 2 atom stereocenters. The van der Waals surface area contributed by atoms with Crippen LogP contribution in [0, 0.1) is 5.82 Å². The summed E-state index contributed by atoms with van der Waals surface area (Å²) in [6.45, 7) is 0.135. The molecule has 1 heterocycles. The zero-order chi connectivity index (χ0) is 17.1. The van der Waals surface area contributed by atoms with Gasteiger partial charge in [-0.3, -0.25) is 4.79 Å². The number of imide groups is 1. The highest BCUT2D eigenvalue weighted by atomic mass is 19.1. The number of hydrogen-bond donors (Lipinski definition) is 1. The summed E-state index contributed by atoms with van der Waals surface area (Å²) in [5.41, 5.74) is 7.40. The van der Waals surface area contributed by atoms with Crippen LogP contribution in [0.25, 0.3) is 0 Å². The van der Waals surface area contributed by atoms with Gasteiger partial charge in [-0.15, -0.1) is 0 Å². The van der Waals surface area contributed by atoms with Crippen LogP contribution in [-0.4, -0.2) is 29.5 Å². The summed E-state index contributed by atoms with van der Waals surface area (Å²) in [5.74, 6) is -0.967. The molecule has 0 radical (unpaired) electrons. The Balaban J connectivity index is 1.78. The first-order valence-corrected chi connectivity index (χ1v) is 7.61. The molecule has 24 heavy (non-hydrogen) atoms. The number of ether oxygens (including phenoxy) is 1. The largest absolute Gasteiger partial charge is 0.447 e. The second-order valence-corrected chi connectivity index (χ2v) is 5.66. The molecular formula is C18H17FN2O3. The average molecular weight is 328 g/mol. The number of rotatable bonds is 4. The number of cyclic esters (lactones) is 1. The lowest BCUT2D eigenvalue weighted by Gasteiger charge is -2.23. The van der Waals surface area contributed by atoms with Gasteiger partial charge in [-0.2, -0.15) is 0 Å². The lowest BCUT2D eigenvalue weighted by Crippen LogP contribution is -2.45. The van der Waals surface area contributed by atoms with Gasteiger partial charge in [0, 0.05) is 0 Å². The fraction of sp³-hybridized carbons (Fsp3) is 0.222. The molecule has 1 unspecified atom stereocenters. The number of carbonyl (C=O) groups excluding carboxylic acids is 2. The van der Waals surface area contributed by atoms with E-state index < -0.39 is 29.9 Å². The zero-order valence-electron chi connectivity index (χ0n) is 12.9. The first kappa shape index (κ1) is 16.1. The van der Waals surface area contributed by atoms with Crippen LogP contribution in [0.15, 0.2) is 54.6 Å². The van der Waals surface area contributed by atoms with Gasteiger partial charge in [-0.05, 0) is 29.7 Å². The van der Waals surface area contributed by atoms with Crippen molar-refractivity contribution in [1.29, 1.82) is 0 Å². The Hall–Kier alpha value is -2.73. The summed E-state index contributed by atoms with van der Waals surface area (Å²) < 4.78 is 18.0. The lowest BCUT2D eigenvalue weighted by molar-refractivity contribution is -0.130. The number of benzene rings is 2. The normalized spacial score (nSPS) is 18.3. The van der Waals surface area contributed by atoms with Crippen molar-refractivity contribution in [2.45, 2.75) is 18.5 Å². The molecule has 2 aromatic rings. The van der Waals surface area contributed by atoms with E-state index in [4.69, 9.17) is 10.5 Å². The summed E-state index contributed by atoms with van der Waals surface area (Å²) in [6.07, 6.45) is -0.201. The van der Waals surface area contributed by atoms with Crippen molar-refractivity contribution < 1.29 is 18.7 Å². The standard InChI is InChI=1S/C18H17FN2O3/c19-14-8-6-13(7-9-14)16(20)17(22)21-15(11-24-18(21)23)10-12-4-2-1-3-5-12/h1-9,15-16H,10-11,20H2/t15?,16-/m0/s1. The maximum Gasteiger partial charge on any atom is 0.417 e. The molecule has 1 aliphatic rings. The Labute approximate surface area is 138 Å². The molecule has 3 rings (SSSR count). The van der Waals surface area contributed by atoms with Gasteiger partial charge in [0.1, 0.15) is 18.5 Å². The van der Waals surface area contributed by atoms with Crippen LogP contribution in [0.4, 0.5) is 9.18 Å². The SMILES string of the molecule is N[C@H](C(=O)N1C(=O)OCC1Cc1ccccc1)c1ccc(F)cc1. The Morgan fingerprint density at radius 3 is 2.54 bits per heavy atom. The van der Waals surface area contributed by atoms with E-state index in [1.807, 2.05) is 30.3 Å². The zero-order valence-corrected chi connectivity index (χ0v) is 12.9. The molecule has 0 aromatic heterocycles. The smallest absolute Gasteiger partial charge is 0.417 e. The molecule has 0 saturated carbocycles.